The van der Waals surface area contributed by atoms with Gasteiger partial charge in [-0.05, 0) is 13.3 Å². The molecule has 1 aromatic rings. The van der Waals surface area contributed by atoms with Crippen molar-refractivity contribution in [3.8, 4) is 0 Å². The molecule has 0 spiro atoms. The van der Waals surface area contributed by atoms with Crippen molar-refractivity contribution in [3.63, 3.8) is 0 Å². The van der Waals surface area contributed by atoms with Gasteiger partial charge in [-0.25, -0.2) is 0 Å². The number of hydrogen-bond acceptors (Lipinski definition) is 3. The van der Waals surface area contributed by atoms with E-state index in [0.29, 0.717) is 18.7 Å². The average Bonchev–Trinajstić information content (AvgIpc) is 2.56. The number of carbonyl (C=O) groups excluding carboxylic acids is 1. The van der Waals surface area contributed by atoms with Crippen molar-refractivity contribution in [2.24, 2.45) is 12.8 Å². The van der Waals surface area contributed by atoms with Crippen LogP contribution in [0, 0.1) is 6.92 Å². The Morgan fingerprint density at radius 3 is 2.71 bits per heavy atom. The number of aromatic nitrogens is 2. The molecular weight excluding hydrogens is 216 g/mol. The molecule has 5 nitrogen and oxygen atoms in total. The number of hydrogen-bond donors (Lipinski definition) is 1. The van der Waals surface area contributed by atoms with Gasteiger partial charge < -0.3 is 10.6 Å². The quantitative estimate of drug-likeness (QED) is 0.839. The number of nitrogens with two attached hydrogens (primary N) is 1. The van der Waals surface area contributed by atoms with Gasteiger partial charge in [0, 0.05) is 25.8 Å². The molecule has 0 bridgehead atoms. The second-order valence-corrected chi connectivity index (χ2v) is 5.04. The van der Waals surface area contributed by atoms with E-state index in [2.05, 4.69) is 12.0 Å². The molecule has 0 unspecified atom stereocenters. The first-order chi connectivity index (χ1) is 7.97. The Kier molecular flexibility index (Phi) is 2.95. The minimum atomic E-state index is -0.166. The van der Waals surface area contributed by atoms with Crippen LogP contribution in [0.1, 0.15) is 35.8 Å². The van der Waals surface area contributed by atoms with E-state index in [4.69, 9.17) is 5.73 Å². The molecule has 1 saturated heterocycles. The van der Waals surface area contributed by atoms with Gasteiger partial charge >= 0.3 is 0 Å². The van der Waals surface area contributed by atoms with Crippen molar-refractivity contribution in [2.45, 2.75) is 32.2 Å². The third kappa shape index (κ3) is 2.07. The zero-order valence-corrected chi connectivity index (χ0v) is 10.7. The molecule has 5 heteroatoms. The zero-order chi connectivity index (χ0) is 12.6. The Labute approximate surface area is 102 Å². The number of carbonyl (C=O) groups is 1. The van der Waals surface area contributed by atoms with Gasteiger partial charge in [0.1, 0.15) is 0 Å². The summed E-state index contributed by atoms with van der Waals surface area (Å²) in [4.78, 5) is 14.0. The van der Waals surface area contributed by atoms with Crippen molar-refractivity contribution in [1.82, 2.24) is 14.7 Å². The standard InChI is InChI=1S/C12H20N4O/c1-4-5-12(13)7-16(8-12)11(17)10-6-14-15(3)9(10)2/h6H,4-5,7-8,13H2,1-3H3. The van der Waals surface area contributed by atoms with E-state index in [0.717, 1.165) is 18.5 Å². The SMILES string of the molecule is CCCC1(N)CN(C(=O)c2cnn(C)c2C)C1. The molecule has 2 rings (SSSR count). The second kappa shape index (κ2) is 4.14. The largest absolute Gasteiger partial charge is 0.335 e. The summed E-state index contributed by atoms with van der Waals surface area (Å²) in [7, 11) is 1.84. The molecule has 94 valence electrons. The molecular formula is C12H20N4O. The third-order valence-electron chi connectivity index (χ3n) is 3.51. The van der Waals surface area contributed by atoms with Gasteiger partial charge in [0.05, 0.1) is 17.3 Å². The second-order valence-electron chi connectivity index (χ2n) is 5.04. The maximum atomic E-state index is 12.2. The van der Waals surface area contributed by atoms with Crippen molar-refractivity contribution >= 4 is 5.91 Å². The molecule has 0 radical (unpaired) electrons. The van der Waals surface area contributed by atoms with Crippen LogP contribution in [0.2, 0.25) is 0 Å². The highest BCUT2D eigenvalue weighted by Gasteiger charge is 2.41. The van der Waals surface area contributed by atoms with Crippen LogP contribution in [0.15, 0.2) is 6.20 Å². The van der Waals surface area contributed by atoms with Gasteiger partial charge in [-0.3, -0.25) is 9.48 Å². The van der Waals surface area contributed by atoms with Crippen LogP contribution in [-0.2, 0) is 7.05 Å². The molecule has 17 heavy (non-hydrogen) atoms. The fourth-order valence-corrected chi connectivity index (χ4v) is 2.39. The van der Waals surface area contributed by atoms with Gasteiger partial charge in [-0.2, -0.15) is 5.10 Å². The topological polar surface area (TPSA) is 64.2 Å². The number of rotatable bonds is 3. The maximum Gasteiger partial charge on any atom is 0.257 e. The summed E-state index contributed by atoms with van der Waals surface area (Å²) < 4.78 is 1.72. The van der Waals surface area contributed by atoms with E-state index < -0.39 is 0 Å². The van der Waals surface area contributed by atoms with Crippen LogP contribution >= 0.6 is 0 Å². The van der Waals surface area contributed by atoms with E-state index >= 15 is 0 Å². The molecule has 1 aromatic heterocycles. The van der Waals surface area contributed by atoms with Crippen molar-refractivity contribution in [1.29, 1.82) is 0 Å². The Morgan fingerprint density at radius 1 is 1.59 bits per heavy atom. The van der Waals surface area contributed by atoms with E-state index in [-0.39, 0.29) is 11.4 Å². The lowest BCUT2D eigenvalue weighted by atomic mass is 9.86. The highest BCUT2D eigenvalue weighted by atomic mass is 16.2. The minimum Gasteiger partial charge on any atom is -0.335 e. The van der Waals surface area contributed by atoms with Crippen LogP contribution < -0.4 is 5.73 Å². The molecule has 2 N–H and O–H groups in total. The first-order valence-electron chi connectivity index (χ1n) is 6.03. The first-order valence-corrected chi connectivity index (χ1v) is 6.03. The lowest BCUT2D eigenvalue weighted by Gasteiger charge is -2.47. The Morgan fingerprint density at radius 2 is 2.24 bits per heavy atom. The van der Waals surface area contributed by atoms with Gasteiger partial charge in [0.25, 0.3) is 5.91 Å². The summed E-state index contributed by atoms with van der Waals surface area (Å²) in [5.74, 6) is 0.0489. The van der Waals surface area contributed by atoms with Crippen LogP contribution in [-0.4, -0.2) is 39.2 Å². The average molecular weight is 236 g/mol. The van der Waals surface area contributed by atoms with E-state index in [9.17, 15) is 4.79 Å². The first kappa shape index (κ1) is 12.1. The molecule has 0 aliphatic carbocycles. The van der Waals surface area contributed by atoms with Crippen LogP contribution in [0.5, 0.6) is 0 Å². The van der Waals surface area contributed by atoms with E-state index in [1.54, 1.807) is 15.8 Å². The Balaban J connectivity index is 2.03. The summed E-state index contributed by atoms with van der Waals surface area (Å²) >= 11 is 0. The summed E-state index contributed by atoms with van der Waals surface area (Å²) in [6, 6.07) is 0. The predicted octanol–water partition coefficient (Wildman–Crippen LogP) is 0.682. The smallest absolute Gasteiger partial charge is 0.257 e. The van der Waals surface area contributed by atoms with Crippen molar-refractivity contribution < 1.29 is 4.79 Å². The van der Waals surface area contributed by atoms with E-state index in [1.807, 2.05) is 14.0 Å². The number of amides is 1. The molecule has 1 aliphatic heterocycles. The zero-order valence-electron chi connectivity index (χ0n) is 10.7. The lowest BCUT2D eigenvalue weighted by molar-refractivity contribution is 0.0385. The number of likely N-dealkylation sites (tertiary alicyclic amines) is 1. The fourth-order valence-electron chi connectivity index (χ4n) is 2.39. The maximum absolute atomic E-state index is 12.2. The Bertz CT molecular complexity index is 432. The van der Waals surface area contributed by atoms with Crippen molar-refractivity contribution in [3.05, 3.63) is 17.5 Å². The van der Waals surface area contributed by atoms with Crippen LogP contribution in [0.25, 0.3) is 0 Å². The molecule has 0 saturated carbocycles. The molecule has 1 amide bonds. The van der Waals surface area contributed by atoms with E-state index in [1.165, 1.54) is 0 Å². The normalized spacial score (nSPS) is 18.0. The molecule has 0 aromatic carbocycles. The van der Waals surface area contributed by atoms with Crippen LogP contribution in [0.3, 0.4) is 0 Å². The molecule has 1 aliphatic rings. The highest BCUT2D eigenvalue weighted by molar-refractivity contribution is 5.95. The lowest BCUT2D eigenvalue weighted by Crippen LogP contribution is -2.68. The fraction of sp³-hybridized carbons (Fsp3) is 0.667. The van der Waals surface area contributed by atoms with Gasteiger partial charge in [-0.1, -0.05) is 13.3 Å². The molecule has 2 heterocycles. The summed E-state index contributed by atoms with van der Waals surface area (Å²) in [6.45, 7) is 5.34. The van der Waals surface area contributed by atoms with Gasteiger partial charge in [-0.15, -0.1) is 0 Å². The van der Waals surface area contributed by atoms with Crippen molar-refractivity contribution in [2.75, 3.05) is 13.1 Å². The highest BCUT2D eigenvalue weighted by Crippen LogP contribution is 2.25. The third-order valence-corrected chi connectivity index (χ3v) is 3.51. The number of nitrogens with zero attached hydrogens (tertiary/aromatic N) is 3. The van der Waals surface area contributed by atoms with Crippen LogP contribution in [0.4, 0.5) is 0 Å². The minimum absolute atomic E-state index is 0.0489. The summed E-state index contributed by atoms with van der Waals surface area (Å²) in [5.41, 5.74) is 7.57. The van der Waals surface area contributed by atoms with Gasteiger partial charge in [0.15, 0.2) is 0 Å². The summed E-state index contributed by atoms with van der Waals surface area (Å²) in [5, 5.41) is 4.09. The van der Waals surface area contributed by atoms with Gasteiger partial charge in [0.2, 0.25) is 0 Å². The monoisotopic (exact) mass is 236 g/mol. The predicted molar refractivity (Wildman–Crippen MR) is 65.7 cm³/mol. The molecule has 1 fully saturated rings. The summed E-state index contributed by atoms with van der Waals surface area (Å²) in [6.07, 6.45) is 3.67. The number of aryl methyl sites for hydroxylation is 1. The molecule has 0 atom stereocenters. The Hall–Kier alpha value is -1.36.